The number of ketones is 2. The summed E-state index contributed by atoms with van der Waals surface area (Å²) in [7, 11) is 1.46. The summed E-state index contributed by atoms with van der Waals surface area (Å²) < 4.78 is 15.4. The fourth-order valence-corrected chi connectivity index (χ4v) is 6.69. The number of aromatic hydroxyl groups is 1. The molecule has 4 atom stereocenters. The van der Waals surface area contributed by atoms with E-state index in [0.29, 0.717) is 0 Å². The van der Waals surface area contributed by atoms with E-state index in [9.17, 15) is 39.6 Å². The van der Waals surface area contributed by atoms with Gasteiger partial charge in [-0.25, -0.2) is 4.39 Å². The molecule has 0 spiro atoms. The molecule has 218 valence electrons. The molecule has 0 bridgehead atoms. The molecule has 0 saturated carbocycles. The third-order valence-electron chi connectivity index (χ3n) is 8.68. The van der Waals surface area contributed by atoms with E-state index in [4.69, 9.17) is 5.73 Å². The maximum atomic E-state index is 15.4. The number of carbonyl (C=O) groups is 4. The average Bonchev–Trinajstić information content (AvgIpc) is 3.41. The quantitative estimate of drug-likeness (QED) is 0.210. The number of aliphatic hydroxyl groups excluding tert-OH is 2. The lowest BCUT2D eigenvalue weighted by Crippen LogP contribution is -2.63. The molecule has 1 heterocycles. The fourth-order valence-electron chi connectivity index (χ4n) is 6.69. The van der Waals surface area contributed by atoms with Crippen molar-refractivity contribution in [3.05, 3.63) is 58.5 Å². The summed E-state index contributed by atoms with van der Waals surface area (Å²) in [6.07, 6.45) is 2.75. The van der Waals surface area contributed by atoms with Crippen molar-refractivity contribution >= 4 is 29.1 Å². The minimum atomic E-state index is -2.84. The Morgan fingerprint density at radius 3 is 2.54 bits per heavy atom. The highest BCUT2D eigenvalue weighted by atomic mass is 19.1. The van der Waals surface area contributed by atoms with Crippen LogP contribution in [-0.2, 0) is 20.8 Å². The lowest BCUT2D eigenvalue weighted by Gasteiger charge is -2.50. The van der Waals surface area contributed by atoms with Crippen LogP contribution in [0.1, 0.15) is 35.2 Å². The smallest absolute Gasteiger partial charge is 0.255 e. The normalized spacial score (nSPS) is 27.7. The number of primary amides is 1. The van der Waals surface area contributed by atoms with Crippen molar-refractivity contribution in [2.75, 3.05) is 32.0 Å². The number of aliphatic hydroxyl groups is 3. The van der Waals surface area contributed by atoms with Gasteiger partial charge >= 0.3 is 0 Å². The number of halogens is 1. The van der Waals surface area contributed by atoms with Crippen LogP contribution in [0.25, 0.3) is 0 Å². The number of carbonyl (C=O) groups excluding carboxylic acids is 4. The number of fused-ring (bicyclic) bond motifs is 3. The van der Waals surface area contributed by atoms with Crippen LogP contribution in [-0.4, -0.2) is 91.9 Å². The number of rotatable bonds is 6. The summed E-state index contributed by atoms with van der Waals surface area (Å²) in [5.74, 6) is -9.91. The number of nitrogens with two attached hydrogens (primary N) is 1. The van der Waals surface area contributed by atoms with Crippen LogP contribution in [0, 0.1) is 17.7 Å². The number of amides is 2. The Morgan fingerprint density at radius 1 is 1.27 bits per heavy atom. The van der Waals surface area contributed by atoms with E-state index in [2.05, 4.69) is 11.9 Å². The van der Waals surface area contributed by atoms with Gasteiger partial charge in [-0.15, -0.1) is 0 Å². The highest BCUT2D eigenvalue weighted by Crippen LogP contribution is 2.53. The summed E-state index contributed by atoms with van der Waals surface area (Å²) in [6, 6.07) is -0.326. The number of phenols is 1. The standard InChI is InChI=1S/C28H31FN4O8/c1-3-32(2)21-14-9-12-8-13-15(29)10-16(31-17(34)11-33-6-4-5-7-33)22(35)19(13)23(36)18(12)25(38)28(14,41)26(39)20(24(21)37)27(30)40/h3,10,12,14,21,35,37-38,41H,1,4-9,11H2,2H3,(H2,30,40)(H,31,34)/t12-,14-,21-,28-/m0/s1. The minimum absolute atomic E-state index is 0.0134. The Balaban J connectivity index is 1.59. The second-order valence-corrected chi connectivity index (χ2v) is 11.0. The largest absolute Gasteiger partial charge is 0.509 e. The van der Waals surface area contributed by atoms with Gasteiger partial charge < -0.3 is 36.4 Å². The maximum Gasteiger partial charge on any atom is 0.255 e. The van der Waals surface area contributed by atoms with Crippen LogP contribution in [0.4, 0.5) is 10.1 Å². The molecular weight excluding hydrogens is 539 g/mol. The van der Waals surface area contributed by atoms with Gasteiger partial charge in [0.1, 0.15) is 22.9 Å². The molecule has 2 amide bonds. The molecule has 1 aliphatic heterocycles. The third-order valence-corrected chi connectivity index (χ3v) is 8.68. The van der Waals surface area contributed by atoms with E-state index in [-0.39, 0.29) is 30.6 Å². The highest BCUT2D eigenvalue weighted by molar-refractivity contribution is 6.25. The molecule has 1 fully saturated rings. The highest BCUT2D eigenvalue weighted by Gasteiger charge is 2.63. The zero-order valence-electron chi connectivity index (χ0n) is 22.3. The molecule has 3 aliphatic carbocycles. The number of anilines is 1. The number of hydrogen-bond donors (Lipinski definition) is 6. The summed E-state index contributed by atoms with van der Waals surface area (Å²) in [5, 5.41) is 47.3. The van der Waals surface area contributed by atoms with Crippen molar-refractivity contribution in [2.45, 2.75) is 37.3 Å². The monoisotopic (exact) mass is 570 g/mol. The van der Waals surface area contributed by atoms with Crippen LogP contribution >= 0.6 is 0 Å². The molecule has 7 N–H and O–H groups in total. The van der Waals surface area contributed by atoms with Gasteiger partial charge in [-0.2, -0.15) is 0 Å². The Labute approximate surface area is 234 Å². The van der Waals surface area contributed by atoms with Crippen LogP contribution in [0.3, 0.4) is 0 Å². The van der Waals surface area contributed by atoms with E-state index in [1.165, 1.54) is 18.1 Å². The zero-order chi connectivity index (χ0) is 30.0. The van der Waals surface area contributed by atoms with Crippen molar-refractivity contribution in [3.63, 3.8) is 0 Å². The van der Waals surface area contributed by atoms with Gasteiger partial charge in [-0.05, 0) is 50.9 Å². The Hall–Kier alpha value is -4.23. The number of allylic oxidation sites excluding steroid dienone is 1. The Morgan fingerprint density at radius 2 is 1.93 bits per heavy atom. The van der Waals surface area contributed by atoms with E-state index in [0.717, 1.165) is 32.0 Å². The number of phenolic OH excluding ortho intramolecular Hbond substituents is 1. The molecule has 1 aromatic rings. The molecule has 12 nitrogen and oxygen atoms in total. The molecule has 13 heteroatoms. The van der Waals surface area contributed by atoms with Crippen LogP contribution in [0.5, 0.6) is 5.75 Å². The van der Waals surface area contributed by atoms with Crippen LogP contribution in [0.15, 0.2) is 41.5 Å². The summed E-state index contributed by atoms with van der Waals surface area (Å²) in [6.45, 7) is 5.07. The van der Waals surface area contributed by atoms with E-state index in [1.807, 2.05) is 4.90 Å². The molecule has 0 aromatic heterocycles. The molecule has 0 unspecified atom stereocenters. The molecule has 41 heavy (non-hydrogen) atoms. The van der Waals surface area contributed by atoms with Crippen molar-refractivity contribution in [1.29, 1.82) is 0 Å². The van der Waals surface area contributed by atoms with E-state index < -0.39 is 86.7 Å². The number of nitrogens with zero attached hydrogens (tertiary/aromatic N) is 2. The van der Waals surface area contributed by atoms with Gasteiger partial charge in [0.25, 0.3) is 5.91 Å². The molecule has 1 aromatic carbocycles. The molecule has 4 aliphatic rings. The molecule has 5 rings (SSSR count). The Kier molecular flexibility index (Phi) is 6.90. The second-order valence-electron chi connectivity index (χ2n) is 11.0. The summed E-state index contributed by atoms with van der Waals surface area (Å²) >= 11 is 0. The van der Waals surface area contributed by atoms with Gasteiger partial charge in [0, 0.05) is 30.2 Å². The summed E-state index contributed by atoms with van der Waals surface area (Å²) in [4.78, 5) is 55.0. The summed E-state index contributed by atoms with van der Waals surface area (Å²) in [5.41, 5.74) is 0.103. The predicted molar refractivity (Wildman–Crippen MR) is 142 cm³/mol. The minimum Gasteiger partial charge on any atom is -0.509 e. The predicted octanol–water partition coefficient (Wildman–Crippen LogP) is 0.808. The lowest BCUT2D eigenvalue weighted by molar-refractivity contribution is -0.148. The van der Waals surface area contributed by atoms with Gasteiger partial charge in [-0.1, -0.05) is 6.58 Å². The van der Waals surface area contributed by atoms with E-state index in [1.54, 1.807) is 0 Å². The van der Waals surface area contributed by atoms with Crippen molar-refractivity contribution in [1.82, 2.24) is 9.80 Å². The first kappa shape index (κ1) is 28.3. The molecule has 1 saturated heterocycles. The molecular formula is C28H31FN4O8. The number of hydrogen-bond acceptors (Lipinski definition) is 10. The van der Waals surface area contributed by atoms with Gasteiger partial charge in [0.05, 0.1) is 23.8 Å². The second kappa shape index (κ2) is 10.00. The first-order chi connectivity index (χ1) is 19.3. The first-order valence-corrected chi connectivity index (χ1v) is 13.2. The van der Waals surface area contributed by atoms with Crippen molar-refractivity contribution in [3.8, 4) is 5.75 Å². The average molecular weight is 571 g/mol. The number of Topliss-reactive ketones (excluding diaryl/α,β-unsaturated/α-hetero) is 2. The topological polar surface area (TPSA) is 194 Å². The third kappa shape index (κ3) is 4.18. The Bertz CT molecular complexity index is 1460. The lowest BCUT2D eigenvalue weighted by atomic mass is 9.58. The van der Waals surface area contributed by atoms with Crippen LogP contribution < -0.4 is 11.1 Å². The zero-order valence-corrected chi connectivity index (χ0v) is 22.3. The van der Waals surface area contributed by atoms with E-state index >= 15 is 4.39 Å². The number of nitrogens with one attached hydrogen (secondary N) is 1. The van der Waals surface area contributed by atoms with Gasteiger partial charge in [0.15, 0.2) is 17.1 Å². The maximum absolute atomic E-state index is 15.4. The van der Waals surface area contributed by atoms with Gasteiger partial charge in [-0.3, -0.25) is 24.1 Å². The first-order valence-electron chi connectivity index (χ1n) is 13.2. The number of likely N-dealkylation sites (tertiary alicyclic amines) is 1. The van der Waals surface area contributed by atoms with Crippen molar-refractivity contribution < 1.29 is 44.0 Å². The van der Waals surface area contributed by atoms with Gasteiger partial charge in [0.2, 0.25) is 11.7 Å². The fraction of sp³-hybridized carbons (Fsp3) is 0.429. The van der Waals surface area contributed by atoms with Crippen LogP contribution in [0.2, 0.25) is 0 Å². The molecule has 0 radical (unpaired) electrons. The SMILES string of the molecule is C=CN(C)[C@@H]1C(O)=C(C(N)=O)C(=O)[C@@]2(O)C(O)=C3C(=O)c4c(O)c(NC(=O)CN5CCCC5)cc(F)c4C[C@H]3C[C@@H]12. The number of benzene rings is 1. The number of likely N-dealkylation sites (N-methyl/N-ethyl adjacent to an activating group) is 1. The van der Waals surface area contributed by atoms with Crippen molar-refractivity contribution in [2.24, 2.45) is 17.6 Å².